The molecule has 0 aliphatic carbocycles. The first-order valence-corrected chi connectivity index (χ1v) is 13.6. The summed E-state index contributed by atoms with van der Waals surface area (Å²) in [5, 5.41) is 12.2. The summed E-state index contributed by atoms with van der Waals surface area (Å²) in [5.41, 5.74) is 5.87. The molecule has 1 aliphatic rings. The fourth-order valence-corrected chi connectivity index (χ4v) is 5.12. The average molecular weight is 550 g/mol. The van der Waals surface area contributed by atoms with Crippen LogP contribution in [-0.2, 0) is 15.9 Å². The van der Waals surface area contributed by atoms with E-state index in [0.29, 0.717) is 16.0 Å². The number of morpholine rings is 1. The van der Waals surface area contributed by atoms with Gasteiger partial charge in [0.15, 0.2) is 0 Å². The number of hydrogen-bond acceptors (Lipinski definition) is 5. The number of nitrogens with one attached hydrogen (secondary N) is 2. The predicted octanol–water partition coefficient (Wildman–Crippen LogP) is 6.84. The number of amides is 1. The molecular weight excluding hydrogens is 517 g/mol. The topological polar surface area (TPSA) is 74.7 Å². The van der Waals surface area contributed by atoms with Crippen molar-refractivity contribution < 1.29 is 14.3 Å². The van der Waals surface area contributed by atoms with Crippen LogP contribution in [0.25, 0.3) is 5.31 Å². The predicted molar refractivity (Wildman–Crippen MR) is 158 cm³/mol. The SMILES string of the molecule is CC(=N)/C(NC(=O)OC(C)c1ccccc1Cl)=C(\P)c1ccc(Cc2ccc(N3CCOCC3)cc2)cc1. The summed E-state index contributed by atoms with van der Waals surface area (Å²) in [6, 6.07) is 24.1. The number of benzene rings is 3. The van der Waals surface area contributed by atoms with Crippen molar-refractivity contribution in [3.8, 4) is 0 Å². The van der Waals surface area contributed by atoms with Gasteiger partial charge >= 0.3 is 6.09 Å². The quantitative estimate of drug-likeness (QED) is 0.238. The highest BCUT2D eigenvalue weighted by Gasteiger charge is 2.18. The molecular formula is C30H33ClN3O3P. The van der Waals surface area contributed by atoms with Crippen molar-refractivity contribution in [2.45, 2.75) is 26.4 Å². The van der Waals surface area contributed by atoms with Gasteiger partial charge < -0.3 is 19.8 Å². The first-order valence-electron chi connectivity index (χ1n) is 12.6. The molecule has 0 saturated carbocycles. The summed E-state index contributed by atoms with van der Waals surface area (Å²) < 4.78 is 11.0. The summed E-state index contributed by atoms with van der Waals surface area (Å²) in [5.74, 6) is 0. The van der Waals surface area contributed by atoms with Crippen molar-refractivity contribution in [1.82, 2.24) is 5.32 Å². The molecule has 8 heteroatoms. The first kappa shape index (κ1) is 27.8. The molecule has 1 saturated heterocycles. The number of allylic oxidation sites excluding steroid dienone is 1. The lowest BCUT2D eigenvalue weighted by molar-refractivity contribution is 0.110. The molecule has 2 atom stereocenters. The van der Waals surface area contributed by atoms with Gasteiger partial charge in [0.05, 0.1) is 24.6 Å². The summed E-state index contributed by atoms with van der Waals surface area (Å²) in [4.78, 5) is 15.0. The summed E-state index contributed by atoms with van der Waals surface area (Å²) in [6.45, 7) is 6.80. The average Bonchev–Trinajstić information content (AvgIpc) is 2.93. The number of carbonyl (C=O) groups excluding carboxylic acids is 1. The lowest BCUT2D eigenvalue weighted by Gasteiger charge is -2.28. The molecule has 6 nitrogen and oxygen atoms in total. The van der Waals surface area contributed by atoms with Crippen molar-refractivity contribution in [1.29, 1.82) is 5.41 Å². The second-order valence-corrected chi connectivity index (χ2v) is 10.2. The maximum absolute atomic E-state index is 12.6. The van der Waals surface area contributed by atoms with E-state index < -0.39 is 12.2 Å². The lowest BCUT2D eigenvalue weighted by Crippen LogP contribution is -2.36. The largest absolute Gasteiger partial charge is 0.441 e. The Labute approximate surface area is 231 Å². The molecule has 0 aromatic heterocycles. The van der Waals surface area contributed by atoms with Crippen LogP contribution in [0.5, 0.6) is 0 Å². The molecule has 38 heavy (non-hydrogen) atoms. The highest BCUT2D eigenvalue weighted by atomic mass is 35.5. The minimum atomic E-state index is -0.642. The molecule has 2 N–H and O–H groups in total. The fraction of sp³-hybridized carbons (Fsp3) is 0.267. The second-order valence-electron chi connectivity index (χ2n) is 9.25. The number of carbonyl (C=O) groups is 1. The Kier molecular flexibility index (Phi) is 9.57. The van der Waals surface area contributed by atoms with Gasteiger partial charge in [-0.3, -0.25) is 5.32 Å². The lowest BCUT2D eigenvalue weighted by atomic mass is 10.0. The Morgan fingerprint density at radius 3 is 2.26 bits per heavy atom. The number of nitrogens with zero attached hydrogens (tertiary/aromatic N) is 1. The van der Waals surface area contributed by atoms with Crippen molar-refractivity contribution in [3.63, 3.8) is 0 Å². The minimum Gasteiger partial charge on any atom is -0.441 e. The van der Waals surface area contributed by atoms with Gasteiger partial charge in [0, 0.05) is 34.7 Å². The van der Waals surface area contributed by atoms with Crippen LogP contribution < -0.4 is 10.2 Å². The van der Waals surface area contributed by atoms with Gasteiger partial charge in [-0.1, -0.05) is 66.2 Å². The van der Waals surface area contributed by atoms with Gasteiger partial charge in [-0.05, 0) is 55.2 Å². The van der Waals surface area contributed by atoms with E-state index in [9.17, 15) is 4.79 Å². The molecule has 2 unspecified atom stereocenters. The van der Waals surface area contributed by atoms with E-state index in [1.807, 2.05) is 30.3 Å². The van der Waals surface area contributed by atoms with E-state index >= 15 is 0 Å². The van der Waals surface area contributed by atoms with Crippen molar-refractivity contribution >= 4 is 43.6 Å². The van der Waals surface area contributed by atoms with Crippen LogP contribution in [0.1, 0.15) is 42.2 Å². The third kappa shape index (κ3) is 7.22. The van der Waals surface area contributed by atoms with E-state index in [4.69, 9.17) is 26.5 Å². The first-order chi connectivity index (χ1) is 18.3. The van der Waals surface area contributed by atoms with Gasteiger partial charge in [0.25, 0.3) is 0 Å². The number of ether oxygens (including phenoxy) is 2. The van der Waals surface area contributed by atoms with E-state index in [1.54, 1.807) is 19.9 Å². The Balaban J connectivity index is 1.41. The normalized spacial score (nSPS) is 14.9. The standard InChI is InChI=1S/C30H33ClN3O3P/c1-20(32)28(33-30(35)37-21(2)26-5-3-4-6-27(26)31)29(38)24-11-7-22(8-12-24)19-23-9-13-25(14-10-23)34-15-17-36-18-16-34/h3-14,21,32H,15-19,38H2,1-2H3,(H,33,35)/b29-28+,32-20?. The zero-order valence-corrected chi connectivity index (χ0v) is 23.6. The van der Waals surface area contributed by atoms with E-state index in [2.05, 4.69) is 55.9 Å². The third-order valence-electron chi connectivity index (χ3n) is 6.48. The molecule has 198 valence electrons. The molecule has 3 aromatic rings. The van der Waals surface area contributed by atoms with Gasteiger partial charge in [-0.25, -0.2) is 4.79 Å². The van der Waals surface area contributed by atoms with Crippen LogP contribution in [0.15, 0.2) is 78.5 Å². The maximum Gasteiger partial charge on any atom is 0.412 e. The fourth-order valence-electron chi connectivity index (χ4n) is 4.35. The number of anilines is 1. The van der Waals surface area contributed by atoms with Gasteiger partial charge in [0.2, 0.25) is 0 Å². The zero-order valence-electron chi connectivity index (χ0n) is 21.7. The van der Waals surface area contributed by atoms with Crippen molar-refractivity contribution in [3.05, 3.63) is 106 Å². The van der Waals surface area contributed by atoms with Gasteiger partial charge in [0.1, 0.15) is 6.10 Å². The molecule has 0 spiro atoms. The highest BCUT2D eigenvalue weighted by Crippen LogP contribution is 2.28. The van der Waals surface area contributed by atoms with Crippen LogP contribution in [0.2, 0.25) is 5.02 Å². The molecule has 1 amide bonds. The number of halogens is 1. The molecule has 1 fully saturated rings. The molecule has 0 bridgehead atoms. The second kappa shape index (κ2) is 13.1. The van der Waals surface area contributed by atoms with E-state index in [1.165, 1.54) is 16.8 Å². The number of rotatable bonds is 8. The molecule has 1 aliphatic heterocycles. The van der Waals surface area contributed by atoms with Crippen LogP contribution in [0.4, 0.5) is 10.5 Å². The van der Waals surface area contributed by atoms with Crippen LogP contribution >= 0.6 is 20.8 Å². The van der Waals surface area contributed by atoms with Crippen LogP contribution in [0, 0.1) is 5.41 Å². The molecule has 0 radical (unpaired) electrons. The smallest absolute Gasteiger partial charge is 0.412 e. The molecule has 3 aromatic carbocycles. The summed E-state index contributed by atoms with van der Waals surface area (Å²) in [7, 11) is 2.64. The monoisotopic (exact) mass is 549 g/mol. The third-order valence-corrected chi connectivity index (χ3v) is 7.45. The Morgan fingerprint density at radius 1 is 1.05 bits per heavy atom. The molecule has 4 rings (SSSR count). The maximum atomic E-state index is 12.6. The zero-order chi connectivity index (χ0) is 27.1. The van der Waals surface area contributed by atoms with Gasteiger partial charge in [-0.2, -0.15) is 0 Å². The molecule has 1 heterocycles. The van der Waals surface area contributed by atoms with Gasteiger partial charge in [-0.15, -0.1) is 9.24 Å². The minimum absolute atomic E-state index is 0.224. The van der Waals surface area contributed by atoms with Crippen molar-refractivity contribution in [2.75, 3.05) is 31.2 Å². The summed E-state index contributed by atoms with van der Waals surface area (Å²) in [6.07, 6.45) is -0.358. The Bertz CT molecular complexity index is 1300. The summed E-state index contributed by atoms with van der Waals surface area (Å²) >= 11 is 6.23. The van der Waals surface area contributed by atoms with Crippen LogP contribution in [-0.4, -0.2) is 38.1 Å². The highest BCUT2D eigenvalue weighted by molar-refractivity contribution is 7.31. The Hall–Kier alpha value is -3.18. The van der Waals surface area contributed by atoms with E-state index in [-0.39, 0.29) is 5.71 Å². The number of hydrogen-bond donors (Lipinski definition) is 2. The van der Waals surface area contributed by atoms with Crippen molar-refractivity contribution in [2.24, 2.45) is 0 Å². The van der Waals surface area contributed by atoms with Crippen LogP contribution in [0.3, 0.4) is 0 Å². The number of alkyl carbamates (subject to hydrolysis) is 1. The Morgan fingerprint density at radius 2 is 1.66 bits per heavy atom. The van der Waals surface area contributed by atoms with E-state index in [0.717, 1.165) is 43.9 Å².